The lowest BCUT2D eigenvalue weighted by molar-refractivity contribution is 0.148. The van der Waals surface area contributed by atoms with Crippen LogP contribution in [0, 0.1) is 0 Å². The predicted octanol–water partition coefficient (Wildman–Crippen LogP) is 1.90. The van der Waals surface area contributed by atoms with Crippen LogP contribution in [0.4, 0.5) is 5.69 Å². The highest BCUT2D eigenvalue weighted by Crippen LogP contribution is 2.18. The molecule has 0 saturated carbocycles. The number of anilines is 1. The smallest absolute Gasteiger partial charge is 0.305 e. The summed E-state index contributed by atoms with van der Waals surface area (Å²) in [5, 5.41) is 0. The first-order valence-electron chi connectivity index (χ1n) is 5.71. The Morgan fingerprint density at radius 1 is 1.12 bits per heavy atom. The highest BCUT2D eigenvalue weighted by Gasteiger charge is 2.22. The molecule has 4 nitrogen and oxygen atoms in total. The van der Waals surface area contributed by atoms with E-state index >= 15 is 0 Å². The number of hydrogen-bond acceptors (Lipinski definition) is 4. The summed E-state index contributed by atoms with van der Waals surface area (Å²) in [4.78, 5) is 2.19. The maximum absolute atomic E-state index is 11.3. The molecule has 1 fully saturated rings. The van der Waals surface area contributed by atoms with Gasteiger partial charge < -0.3 is 4.90 Å². The van der Waals surface area contributed by atoms with Crippen LogP contribution in [0.15, 0.2) is 30.3 Å². The molecule has 0 aromatic heterocycles. The topological polar surface area (TPSA) is 38.8 Å². The second-order valence-corrected chi connectivity index (χ2v) is 5.05. The predicted molar refractivity (Wildman–Crippen MR) is 67.9 cm³/mol. The first-order chi connectivity index (χ1) is 8.15. The highest BCUT2D eigenvalue weighted by molar-refractivity contribution is 7.75. The number of hydrogen-bond donors (Lipinski definition) is 0. The molecule has 0 amide bonds. The molecule has 2 rings (SSSR count). The van der Waals surface area contributed by atoms with Crippen LogP contribution < -0.4 is 4.90 Å². The largest absolute Gasteiger partial charge is 0.366 e. The Balaban J connectivity index is 2.13. The van der Waals surface area contributed by atoms with Crippen molar-refractivity contribution in [2.24, 2.45) is 0 Å². The fourth-order valence-electron chi connectivity index (χ4n) is 1.90. The van der Waals surface area contributed by atoms with Gasteiger partial charge >= 0.3 is 11.4 Å². The van der Waals surface area contributed by atoms with E-state index in [0.29, 0.717) is 13.1 Å². The Hall–Kier alpha value is -0.910. The first-order valence-corrected chi connectivity index (χ1v) is 6.71. The van der Waals surface area contributed by atoms with Crippen LogP contribution in [0.3, 0.4) is 0 Å². The van der Waals surface area contributed by atoms with Crippen molar-refractivity contribution >= 4 is 17.0 Å². The van der Waals surface area contributed by atoms with E-state index in [9.17, 15) is 4.21 Å². The van der Waals surface area contributed by atoms with Crippen molar-refractivity contribution in [1.82, 2.24) is 0 Å². The molecule has 1 heterocycles. The third-order valence-electron chi connectivity index (χ3n) is 2.56. The van der Waals surface area contributed by atoms with Crippen molar-refractivity contribution in [3.05, 3.63) is 30.3 Å². The average molecular weight is 255 g/mol. The third kappa shape index (κ3) is 3.52. The second kappa shape index (κ2) is 5.62. The molecule has 94 valence electrons. The Kier molecular flexibility index (Phi) is 4.15. The van der Waals surface area contributed by atoms with Crippen LogP contribution in [-0.2, 0) is 19.7 Å². The molecule has 1 saturated heterocycles. The summed E-state index contributed by atoms with van der Waals surface area (Å²) in [6, 6.07) is 10.1. The summed E-state index contributed by atoms with van der Waals surface area (Å²) in [6.45, 7) is 5.22. The van der Waals surface area contributed by atoms with Gasteiger partial charge in [0.05, 0.1) is 12.2 Å². The number of rotatable bonds is 1. The molecule has 0 unspecified atom stereocenters. The van der Waals surface area contributed by atoms with Crippen LogP contribution >= 0.6 is 0 Å². The average Bonchev–Trinajstić information content (AvgIpc) is 2.27. The van der Waals surface area contributed by atoms with Crippen molar-refractivity contribution in [2.75, 3.05) is 18.0 Å². The maximum atomic E-state index is 11.3. The quantitative estimate of drug-likeness (QED) is 0.768. The van der Waals surface area contributed by atoms with Gasteiger partial charge in [-0.1, -0.05) is 18.2 Å². The van der Waals surface area contributed by atoms with E-state index in [4.69, 9.17) is 8.37 Å². The monoisotopic (exact) mass is 255 g/mol. The van der Waals surface area contributed by atoms with Crippen molar-refractivity contribution in [3.8, 4) is 0 Å². The lowest BCUT2D eigenvalue weighted by Gasteiger charge is -2.32. The van der Waals surface area contributed by atoms with Gasteiger partial charge in [0.2, 0.25) is 0 Å². The normalized spacial score (nSPS) is 27.5. The molecule has 17 heavy (non-hydrogen) atoms. The highest BCUT2D eigenvalue weighted by atomic mass is 32.2. The molecule has 0 aliphatic carbocycles. The summed E-state index contributed by atoms with van der Waals surface area (Å²) in [7, 11) is 0. The Bertz CT molecular complexity index is 369. The van der Waals surface area contributed by atoms with Gasteiger partial charge in [0.1, 0.15) is 0 Å². The lowest BCUT2D eigenvalue weighted by Crippen LogP contribution is -2.41. The van der Waals surface area contributed by atoms with Crippen LogP contribution in [0.5, 0.6) is 0 Å². The van der Waals surface area contributed by atoms with Crippen molar-refractivity contribution in [2.45, 2.75) is 26.1 Å². The minimum atomic E-state index is -1.63. The summed E-state index contributed by atoms with van der Waals surface area (Å²) in [5.74, 6) is 0. The molecule has 0 spiro atoms. The van der Waals surface area contributed by atoms with Gasteiger partial charge in [0.25, 0.3) is 0 Å². The van der Waals surface area contributed by atoms with E-state index in [1.54, 1.807) is 0 Å². The molecule has 1 aliphatic heterocycles. The van der Waals surface area contributed by atoms with E-state index < -0.39 is 11.4 Å². The van der Waals surface area contributed by atoms with E-state index in [0.717, 1.165) is 5.69 Å². The Labute approximate surface area is 104 Å². The molecule has 2 atom stereocenters. The zero-order valence-corrected chi connectivity index (χ0v) is 10.9. The zero-order valence-electron chi connectivity index (χ0n) is 10.0. The van der Waals surface area contributed by atoms with E-state index in [1.807, 2.05) is 32.0 Å². The summed E-state index contributed by atoms with van der Waals surface area (Å²) < 4.78 is 21.8. The van der Waals surface area contributed by atoms with E-state index in [-0.39, 0.29) is 12.2 Å². The molecular formula is C12H17NO3S. The van der Waals surface area contributed by atoms with Crippen molar-refractivity contribution in [3.63, 3.8) is 0 Å². The lowest BCUT2D eigenvalue weighted by atomic mass is 10.2. The SMILES string of the molecule is C[C@H]1CN(c2ccccc2)C[C@H](C)OS(=O)O1. The standard InChI is InChI=1S/C12H17NO3S/c1-10-8-13(12-6-4-3-5-7-12)9-11(2)16-17(14)15-10/h3-7,10-11H,8-9H2,1-2H3/t10-,11-/m0/s1. The molecule has 0 bridgehead atoms. The molecule has 0 N–H and O–H groups in total. The van der Waals surface area contributed by atoms with E-state index in [1.165, 1.54) is 0 Å². The molecule has 5 heteroatoms. The van der Waals surface area contributed by atoms with Crippen LogP contribution in [0.1, 0.15) is 13.8 Å². The molecule has 1 aromatic rings. The van der Waals surface area contributed by atoms with Gasteiger partial charge in [-0.2, -0.15) is 4.21 Å². The van der Waals surface area contributed by atoms with E-state index in [2.05, 4.69) is 17.0 Å². The first kappa shape index (κ1) is 12.5. The summed E-state index contributed by atoms with van der Waals surface area (Å²) in [6.07, 6.45) is -0.243. The van der Waals surface area contributed by atoms with Crippen molar-refractivity contribution in [1.29, 1.82) is 0 Å². The fourth-order valence-corrected chi connectivity index (χ4v) is 2.60. The maximum Gasteiger partial charge on any atom is 0.305 e. The number of benzene rings is 1. The van der Waals surface area contributed by atoms with Crippen LogP contribution in [0.2, 0.25) is 0 Å². The molecule has 1 aromatic carbocycles. The Morgan fingerprint density at radius 3 is 2.18 bits per heavy atom. The minimum absolute atomic E-state index is 0.122. The molecule has 0 radical (unpaired) electrons. The Morgan fingerprint density at radius 2 is 1.65 bits per heavy atom. The van der Waals surface area contributed by atoms with Crippen LogP contribution in [0.25, 0.3) is 0 Å². The van der Waals surface area contributed by atoms with Gasteiger partial charge in [-0.25, -0.2) is 0 Å². The number of nitrogens with zero attached hydrogens (tertiary/aromatic N) is 1. The van der Waals surface area contributed by atoms with Gasteiger partial charge in [0, 0.05) is 18.8 Å². The van der Waals surface area contributed by atoms with Gasteiger partial charge in [-0.05, 0) is 26.0 Å². The van der Waals surface area contributed by atoms with Gasteiger partial charge in [0.15, 0.2) is 0 Å². The summed E-state index contributed by atoms with van der Waals surface area (Å²) in [5.41, 5.74) is 1.13. The minimum Gasteiger partial charge on any atom is -0.366 e. The van der Waals surface area contributed by atoms with Gasteiger partial charge in [-0.3, -0.25) is 8.37 Å². The fraction of sp³-hybridized carbons (Fsp3) is 0.500. The van der Waals surface area contributed by atoms with Gasteiger partial charge in [-0.15, -0.1) is 0 Å². The van der Waals surface area contributed by atoms with Crippen molar-refractivity contribution < 1.29 is 12.6 Å². The molecular weight excluding hydrogens is 238 g/mol. The zero-order chi connectivity index (χ0) is 12.3. The summed E-state index contributed by atoms with van der Waals surface area (Å²) >= 11 is -1.63. The van der Waals surface area contributed by atoms with Crippen LogP contribution in [-0.4, -0.2) is 29.5 Å². The third-order valence-corrected chi connectivity index (χ3v) is 3.53. The second-order valence-electron chi connectivity index (χ2n) is 4.26. The molecule has 1 aliphatic rings. The number of para-hydroxylation sites is 1.